The van der Waals surface area contributed by atoms with E-state index in [-0.39, 0.29) is 18.0 Å². The molecule has 3 amide bonds. The molecule has 4 rings (SSSR count). The zero-order valence-corrected chi connectivity index (χ0v) is 19.2. The number of hydrogen-bond donors (Lipinski definition) is 4. The maximum absolute atomic E-state index is 13.8. The number of amides is 3. The van der Waals surface area contributed by atoms with Gasteiger partial charge in [-0.2, -0.15) is 0 Å². The number of carbonyl (C=O) groups is 2. The first kappa shape index (κ1) is 25.0. The van der Waals surface area contributed by atoms with Crippen molar-refractivity contribution in [3.05, 3.63) is 96.6 Å². The van der Waals surface area contributed by atoms with Crippen LogP contribution in [0.15, 0.2) is 84.9 Å². The first-order valence-corrected chi connectivity index (χ1v) is 11.3. The molecule has 3 aromatic rings. The molecule has 1 heterocycles. The molecule has 36 heavy (non-hydrogen) atoms. The molecule has 0 fully saturated rings. The Morgan fingerprint density at radius 1 is 0.889 bits per heavy atom. The van der Waals surface area contributed by atoms with Crippen LogP contribution in [0.25, 0.3) is 11.1 Å². The van der Waals surface area contributed by atoms with Crippen molar-refractivity contribution in [3.8, 4) is 11.1 Å². The van der Waals surface area contributed by atoms with Gasteiger partial charge in [-0.15, -0.1) is 0 Å². The van der Waals surface area contributed by atoms with Crippen molar-refractivity contribution in [1.82, 2.24) is 5.32 Å². The summed E-state index contributed by atoms with van der Waals surface area (Å²) in [6.07, 6.45) is 1.76. The summed E-state index contributed by atoms with van der Waals surface area (Å²) in [6, 6.07) is 18.5. The van der Waals surface area contributed by atoms with Crippen LogP contribution in [0.2, 0.25) is 0 Å². The van der Waals surface area contributed by atoms with Crippen molar-refractivity contribution in [2.45, 2.75) is 24.7 Å². The van der Waals surface area contributed by atoms with E-state index in [0.717, 1.165) is 29.3 Å². The Kier molecular flexibility index (Phi) is 8.04. The van der Waals surface area contributed by atoms with Gasteiger partial charge in [0.25, 0.3) is 0 Å². The number of benzene rings is 3. The Hall–Kier alpha value is -4.08. The van der Waals surface area contributed by atoms with Gasteiger partial charge in [0, 0.05) is 11.8 Å². The van der Waals surface area contributed by atoms with Gasteiger partial charge in [0.05, 0.1) is 30.9 Å². The van der Waals surface area contributed by atoms with E-state index < -0.39 is 42.5 Å². The lowest BCUT2D eigenvalue weighted by molar-refractivity contribution is -0.120. The summed E-state index contributed by atoms with van der Waals surface area (Å²) in [5.74, 6) is -1.77. The van der Waals surface area contributed by atoms with Crippen LogP contribution in [0.1, 0.15) is 6.42 Å². The third-order valence-corrected chi connectivity index (χ3v) is 5.60. The van der Waals surface area contributed by atoms with Crippen LogP contribution in [0.5, 0.6) is 0 Å². The Labute approximate surface area is 206 Å². The minimum atomic E-state index is -0.832. The van der Waals surface area contributed by atoms with Gasteiger partial charge in [-0.05, 0) is 35.4 Å². The van der Waals surface area contributed by atoms with Crippen LogP contribution in [0.3, 0.4) is 0 Å². The number of urea groups is 1. The highest BCUT2D eigenvalue weighted by Crippen LogP contribution is 2.22. The number of halogens is 2. The molecule has 186 valence electrons. The quantitative estimate of drug-likeness (QED) is 0.365. The second-order valence-corrected chi connectivity index (χ2v) is 8.22. The molecule has 3 atom stereocenters. The molecular formula is C27H25F2N3O4. The van der Waals surface area contributed by atoms with Crippen LogP contribution < -0.4 is 16.0 Å². The van der Waals surface area contributed by atoms with Crippen LogP contribution >= 0.6 is 0 Å². The molecule has 0 aliphatic carbocycles. The fourth-order valence-electron chi connectivity index (χ4n) is 3.81. The average molecular weight is 494 g/mol. The second-order valence-electron chi connectivity index (χ2n) is 8.22. The van der Waals surface area contributed by atoms with E-state index in [9.17, 15) is 23.5 Å². The van der Waals surface area contributed by atoms with Crippen LogP contribution in [-0.4, -0.2) is 41.9 Å². The Balaban J connectivity index is 1.30. The summed E-state index contributed by atoms with van der Waals surface area (Å²) in [4.78, 5) is 24.8. The molecule has 0 bridgehead atoms. The molecule has 1 aliphatic heterocycles. The lowest BCUT2D eigenvalue weighted by Crippen LogP contribution is -2.50. The number of nitrogens with one attached hydrogen (secondary N) is 3. The zero-order chi connectivity index (χ0) is 25.5. The number of carbonyl (C=O) groups excluding carboxylic acids is 2. The predicted molar refractivity (Wildman–Crippen MR) is 132 cm³/mol. The summed E-state index contributed by atoms with van der Waals surface area (Å²) in [5, 5.41) is 17.3. The highest BCUT2D eigenvalue weighted by atomic mass is 19.1. The SMILES string of the molecule is O=C(C[C@H]1C=C[C@@H](NC(=O)Nc2cc(F)ccc2F)[C@H](CO)O1)Nc1ccc(-c2ccccc2)cc1. The Morgan fingerprint density at radius 2 is 1.61 bits per heavy atom. The van der Waals surface area contributed by atoms with E-state index in [2.05, 4.69) is 16.0 Å². The normalized spacial score (nSPS) is 18.9. The van der Waals surface area contributed by atoms with Crippen molar-refractivity contribution < 1.29 is 28.2 Å². The molecule has 0 radical (unpaired) electrons. The van der Waals surface area contributed by atoms with Gasteiger partial charge >= 0.3 is 6.03 Å². The van der Waals surface area contributed by atoms with Crippen LogP contribution in [0.4, 0.5) is 25.0 Å². The molecule has 0 spiro atoms. The first-order chi connectivity index (χ1) is 17.4. The first-order valence-electron chi connectivity index (χ1n) is 11.3. The van der Waals surface area contributed by atoms with Crippen molar-refractivity contribution in [2.75, 3.05) is 17.2 Å². The minimum Gasteiger partial charge on any atom is -0.394 e. The summed E-state index contributed by atoms with van der Waals surface area (Å²) in [6.45, 7) is -0.428. The molecule has 0 saturated carbocycles. The van der Waals surface area contributed by atoms with Gasteiger partial charge in [-0.1, -0.05) is 54.6 Å². The lowest BCUT2D eigenvalue weighted by atomic mass is 10.0. The number of hydrogen-bond acceptors (Lipinski definition) is 4. The van der Waals surface area contributed by atoms with Gasteiger partial charge in [0.15, 0.2) is 0 Å². The maximum atomic E-state index is 13.8. The topological polar surface area (TPSA) is 99.7 Å². The van der Waals surface area contributed by atoms with E-state index >= 15 is 0 Å². The number of aliphatic hydroxyl groups is 1. The Morgan fingerprint density at radius 3 is 2.33 bits per heavy atom. The molecule has 3 aromatic carbocycles. The number of anilines is 2. The molecule has 0 aromatic heterocycles. The van der Waals surface area contributed by atoms with Crippen molar-refractivity contribution in [1.29, 1.82) is 0 Å². The lowest BCUT2D eigenvalue weighted by Gasteiger charge is -2.31. The highest BCUT2D eigenvalue weighted by molar-refractivity contribution is 5.91. The summed E-state index contributed by atoms with van der Waals surface area (Å²) < 4.78 is 32.8. The summed E-state index contributed by atoms with van der Waals surface area (Å²) >= 11 is 0. The Bertz CT molecular complexity index is 1240. The smallest absolute Gasteiger partial charge is 0.319 e. The molecule has 4 N–H and O–H groups in total. The number of aliphatic hydroxyl groups excluding tert-OH is 1. The van der Waals surface area contributed by atoms with Gasteiger partial charge in [0.2, 0.25) is 5.91 Å². The fourth-order valence-corrected chi connectivity index (χ4v) is 3.81. The zero-order valence-electron chi connectivity index (χ0n) is 19.2. The highest BCUT2D eigenvalue weighted by Gasteiger charge is 2.29. The van der Waals surface area contributed by atoms with E-state index in [0.29, 0.717) is 5.69 Å². The molecule has 9 heteroatoms. The van der Waals surface area contributed by atoms with Crippen LogP contribution in [-0.2, 0) is 9.53 Å². The summed E-state index contributed by atoms with van der Waals surface area (Å²) in [5.41, 5.74) is 2.42. The van der Waals surface area contributed by atoms with Gasteiger partial charge in [-0.25, -0.2) is 13.6 Å². The average Bonchev–Trinajstić information content (AvgIpc) is 2.88. The fraction of sp³-hybridized carbons (Fsp3) is 0.185. The van der Waals surface area contributed by atoms with Crippen molar-refractivity contribution in [3.63, 3.8) is 0 Å². The van der Waals surface area contributed by atoms with E-state index in [1.807, 2.05) is 54.6 Å². The van der Waals surface area contributed by atoms with Gasteiger partial charge in [0.1, 0.15) is 17.7 Å². The standard InChI is InChI=1S/C27H25F2N3O4/c28-19-8-12-22(29)24(14-19)32-27(35)31-23-13-11-21(36-25(23)16-33)15-26(34)30-20-9-6-18(7-10-20)17-4-2-1-3-5-17/h1-14,21,23,25,33H,15-16H2,(H,30,34)(H2,31,32,35)/t21-,23-,25+/m1/s1. The molecule has 7 nitrogen and oxygen atoms in total. The third kappa shape index (κ3) is 6.53. The maximum Gasteiger partial charge on any atom is 0.319 e. The van der Waals surface area contributed by atoms with Crippen molar-refractivity contribution >= 4 is 23.3 Å². The monoisotopic (exact) mass is 493 g/mol. The third-order valence-electron chi connectivity index (χ3n) is 5.60. The number of ether oxygens (including phenoxy) is 1. The molecule has 1 aliphatic rings. The number of rotatable bonds is 7. The minimum absolute atomic E-state index is 0.000850. The van der Waals surface area contributed by atoms with Gasteiger partial charge in [-0.3, -0.25) is 4.79 Å². The van der Waals surface area contributed by atoms with Crippen LogP contribution in [0, 0.1) is 11.6 Å². The molecule has 0 saturated heterocycles. The largest absolute Gasteiger partial charge is 0.394 e. The van der Waals surface area contributed by atoms with E-state index in [4.69, 9.17) is 4.74 Å². The molecule has 0 unspecified atom stereocenters. The van der Waals surface area contributed by atoms with Gasteiger partial charge < -0.3 is 25.8 Å². The second kappa shape index (κ2) is 11.6. The van der Waals surface area contributed by atoms with E-state index in [1.165, 1.54) is 0 Å². The molecular weight excluding hydrogens is 468 g/mol. The predicted octanol–water partition coefficient (Wildman–Crippen LogP) is 4.47. The summed E-state index contributed by atoms with van der Waals surface area (Å²) in [7, 11) is 0. The van der Waals surface area contributed by atoms with Crippen molar-refractivity contribution in [2.24, 2.45) is 0 Å². The van der Waals surface area contributed by atoms with E-state index in [1.54, 1.807) is 12.2 Å².